The van der Waals surface area contributed by atoms with Gasteiger partial charge in [0.25, 0.3) is 0 Å². The highest BCUT2D eigenvalue weighted by atomic mass is 16.5. The standard InChI is InChI=1S/C23H29N7O3/c1-3-33-21-10-6-19(7-11-21)30-22(25-26-27-30)17-28-12-14-29(15-13-28)23(31)24-16-18-4-8-20(32-2)9-5-18/h4-11H,3,12-17H2,1-2H3,(H,24,31). The SMILES string of the molecule is CCOc1ccc(-n2nnnc2CN2CCN(C(=O)NCc3ccc(OC)cc3)CC2)cc1. The van der Waals surface area contributed by atoms with Gasteiger partial charge in [0.05, 0.1) is 25.9 Å². The van der Waals surface area contributed by atoms with Gasteiger partial charge in [0.15, 0.2) is 5.82 Å². The molecule has 0 aliphatic carbocycles. The summed E-state index contributed by atoms with van der Waals surface area (Å²) < 4.78 is 12.4. The second kappa shape index (κ2) is 10.8. The Morgan fingerprint density at radius 3 is 2.36 bits per heavy atom. The summed E-state index contributed by atoms with van der Waals surface area (Å²) in [6, 6.07) is 15.3. The van der Waals surface area contributed by atoms with Crippen molar-refractivity contribution in [3.63, 3.8) is 0 Å². The van der Waals surface area contributed by atoms with E-state index in [4.69, 9.17) is 9.47 Å². The van der Waals surface area contributed by atoms with Crippen LogP contribution in [-0.4, -0.2) is 75.9 Å². The first kappa shape index (κ1) is 22.5. The molecule has 2 amide bonds. The number of hydrogen-bond donors (Lipinski definition) is 1. The molecule has 10 nitrogen and oxygen atoms in total. The Labute approximate surface area is 193 Å². The molecule has 1 N–H and O–H groups in total. The molecular formula is C23H29N7O3. The van der Waals surface area contributed by atoms with Crippen molar-refractivity contribution in [3.05, 3.63) is 59.9 Å². The largest absolute Gasteiger partial charge is 0.497 e. The van der Waals surface area contributed by atoms with Crippen LogP contribution in [0.15, 0.2) is 48.5 Å². The minimum atomic E-state index is -0.0512. The zero-order valence-corrected chi connectivity index (χ0v) is 19.0. The molecule has 0 bridgehead atoms. The van der Waals surface area contributed by atoms with Crippen LogP contribution in [0.1, 0.15) is 18.3 Å². The molecule has 174 valence electrons. The predicted molar refractivity (Wildman–Crippen MR) is 122 cm³/mol. The van der Waals surface area contributed by atoms with Crippen LogP contribution in [0.5, 0.6) is 11.5 Å². The quantitative estimate of drug-likeness (QED) is 0.560. The molecular weight excluding hydrogens is 422 g/mol. The number of carbonyl (C=O) groups is 1. The van der Waals surface area contributed by atoms with Gasteiger partial charge < -0.3 is 19.7 Å². The first-order valence-electron chi connectivity index (χ1n) is 11.0. The molecule has 1 aliphatic heterocycles. The summed E-state index contributed by atoms with van der Waals surface area (Å²) in [4.78, 5) is 16.7. The Morgan fingerprint density at radius 2 is 1.70 bits per heavy atom. The fourth-order valence-corrected chi connectivity index (χ4v) is 3.70. The number of hydrogen-bond acceptors (Lipinski definition) is 7. The zero-order chi connectivity index (χ0) is 23.0. The topological polar surface area (TPSA) is 97.6 Å². The van der Waals surface area contributed by atoms with Gasteiger partial charge in [-0.25, -0.2) is 4.79 Å². The van der Waals surface area contributed by atoms with E-state index >= 15 is 0 Å². The van der Waals surface area contributed by atoms with Gasteiger partial charge in [-0.1, -0.05) is 12.1 Å². The Hall–Kier alpha value is -3.66. The third-order valence-corrected chi connectivity index (χ3v) is 5.55. The van der Waals surface area contributed by atoms with Crippen LogP contribution in [0.25, 0.3) is 5.69 Å². The molecule has 0 unspecified atom stereocenters. The lowest BCUT2D eigenvalue weighted by Gasteiger charge is -2.34. The van der Waals surface area contributed by atoms with Crippen LogP contribution in [0.3, 0.4) is 0 Å². The van der Waals surface area contributed by atoms with E-state index in [9.17, 15) is 4.79 Å². The summed E-state index contributed by atoms with van der Waals surface area (Å²) in [5.74, 6) is 2.38. The molecule has 0 radical (unpaired) electrons. The van der Waals surface area contributed by atoms with Gasteiger partial charge in [0.2, 0.25) is 0 Å². The summed E-state index contributed by atoms with van der Waals surface area (Å²) in [7, 11) is 1.64. The van der Waals surface area contributed by atoms with E-state index in [1.807, 2.05) is 60.4 Å². The van der Waals surface area contributed by atoms with Crippen molar-refractivity contribution in [2.24, 2.45) is 0 Å². The number of carbonyl (C=O) groups excluding carboxylic acids is 1. The van der Waals surface area contributed by atoms with Gasteiger partial charge in [-0.05, 0) is 59.3 Å². The van der Waals surface area contributed by atoms with Gasteiger partial charge in [-0.3, -0.25) is 4.90 Å². The molecule has 1 saturated heterocycles. The van der Waals surface area contributed by atoms with Gasteiger partial charge in [-0.2, -0.15) is 4.68 Å². The molecule has 1 aromatic heterocycles. The van der Waals surface area contributed by atoms with E-state index in [1.54, 1.807) is 11.8 Å². The molecule has 0 atom stereocenters. The van der Waals surface area contributed by atoms with Crippen LogP contribution in [-0.2, 0) is 13.1 Å². The molecule has 3 aromatic rings. The lowest BCUT2D eigenvalue weighted by molar-refractivity contribution is 0.133. The van der Waals surface area contributed by atoms with Crippen molar-refractivity contribution in [1.29, 1.82) is 0 Å². The van der Waals surface area contributed by atoms with Gasteiger partial charge in [-0.15, -0.1) is 5.10 Å². The minimum absolute atomic E-state index is 0.0512. The molecule has 33 heavy (non-hydrogen) atoms. The summed E-state index contributed by atoms with van der Waals surface area (Å²) in [5.41, 5.74) is 1.92. The number of nitrogens with one attached hydrogen (secondary N) is 1. The van der Waals surface area contributed by atoms with Crippen molar-refractivity contribution >= 4 is 6.03 Å². The van der Waals surface area contributed by atoms with Crippen molar-refractivity contribution < 1.29 is 14.3 Å². The van der Waals surface area contributed by atoms with Crippen LogP contribution in [0, 0.1) is 0 Å². The molecule has 1 aliphatic rings. The number of tetrazole rings is 1. The first-order chi connectivity index (χ1) is 16.2. The number of methoxy groups -OCH3 is 1. The maximum atomic E-state index is 12.6. The van der Waals surface area contributed by atoms with Crippen molar-refractivity contribution in [3.8, 4) is 17.2 Å². The van der Waals surface area contributed by atoms with Gasteiger partial charge in [0.1, 0.15) is 11.5 Å². The van der Waals surface area contributed by atoms with E-state index in [2.05, 4.69) is 25.7 Å². The van der Waals surface area contributed by atoms with Crippen LogP contribution in [0.4, 0.5) is 4.79 Å². The molecule has 0 saturated carbocycles. The summed E-state index contributed by atoms with van der Waals surface area (Å²) in [5, 5.41) is 15.2. The Balaban J connectivity index is 1.26. The first-order valence-corrected chi connectivity index (χ1v) is 11.0. The lowest BCUT2D eigenvalue weighted by Crippen LogP contribution is -2.51. The Bertz CT molecular complexity index is 1030. The maximum Gasteiger partial charge on any atom is 0.317 e. The monoisotopic (exact) mass is 451 g/mol. The van der Waals surface area contributed by atoms with Crippen LogP contribution >= 0.6 is 0 Å². The number of urea groups is 1. The predicted octanol–water partition coefficient (Wildman–Crippen LogP) is 2.10. The smallest absolute Gasteiger partial charge is 0.317 e. The molecule has 10 heteroatoms. The van der Waals surface area contributed by atoms with E-state index in [0.717, 1.165) is 41.7 Å². The zero-order valence-electron chi connectivity index (χ0n) is 19.0. The lowest BCUT2D eigenvalue weighted by atomic mass is 10.2. The average Bonchev–Trinajstić information content (AvgIpc) is 3.32. The minimum Gasteiger partial charge on any atom is -0.497 e. The molecule has 2 aromatic carbocycles. The van der Waals surface area contributed by atoms with Gasteiger partial charge in [0, 0.05) is 32.7 Å². The Kier molecular flexibility index (Phi) is 7.36. The van der Waals surface area contributed by atoms with E-state index in [1.165, 1.54) is 0 Å². The van der Waals surface area contributed by atoms with E-state index in [0.29, 0.717) is 32.8 Å². The summed E-state index contributed by atoms with van der Waals surface area (Å²) in [6.07, 6.45) is 0. The highest BCUT2D eigenvalue weighted by molar-refractivity contribution is 5.74. The summed E-state index contributed by atoms with van der Waals surface area (Å²) >= 11 is 0. The van der Waals surface area contributed by atoms with Crippen molar-refractivity contribution in [2.75, 3.05) is 39.9 Å². The molecule has 1 fully saturated rings. The number of aromatic nitrogens is 4. The maximum absolute atomic E-state index is 12.6. The molecule has 2 heterocycles. The van der Waals surface area contributed by atoms with Crippen LogP contribution in [0.2, 0.25) is 0 Å². The fourth-order valence-electron chi connectivity index (χ4n) is 3.70. The average molecular weight is 452 g/mol. The number of piperazine rings is 1. The highest BCUT2D eigenvalue weighted by Crippen LogP contribution is 2.17. The molecule has 0 spiro atoms. The van der Waals surface area contributed by atoms with E-state index in [-0.39, 0.29) is 6.03 Å². The number of benzene rings is 2. The number of nitrogens with zero attached hydrogens (tertiary/aromatic N) is 6. The third-order valence-electron chi connectivity index (χ3n) is 5.55. The van der Waals surface area contributed by atoms with Gasteiger partial charge >= 0.3 is 6.03 Å². The second-order valence-electron chi connectivity index (χ2n) is 7.70. The van der Waals surface area contributed by atoms with Crippen molar-refractivity contribution in [1.82, 2.24) is 35.3 Å². The summed E-state index contributed by atoms with van der Waals surface area (Å²) in [6.45, 7) is 6.50. The number of rotatable bonds is 8. The van der Waals surface area contributed by atoms with Crippen LogP contribution < -0.4 is 14.8 Å². The highest BCUT2D eigenvalue weighted by Gasteiger charge is 2.22. The number of amides is 2. The normalized spacial score (nSPS) is 14.2. The molecule has 4 rings (SSSR count). The third kappa shape index (κ3) is 5.78. The Morgan fingerprint density at radius 1 is 1.00 bits per heavy atom. The van der Waals surface area contributed by atoms with Crippen molar-refractivity contribution in [2.45, 2.75) is 20.0 Å². The van der Waals surface area contributed by atoms with E-state index < -0.39 is 0 Å². The number of ether oxygens (including phenoxy) is 2. The fraction of sp³-hybridized carbons (Fsp3) is 0.391. The second-order valence-corrected chi connectivity index (χ2v) is 7.70.